The Kier molecular flexibility index (Phi) is 3.20. The number of hydrogen-bond donors (Lipinski definition) is 1. The first kappa shape index (κ1) is 12.7. The summed E-state index contributed by atoms with van der Waals surface area (Å²) in [5, 5.41) is 3.27. The summed E-state index contributed by atoms with van der Waals surface area (Å²) in [5.74, 6) is -1.16. The van der Waals surface area contributed by atoms with Crippen molar-refractivity contribution in [2.45, 2.75) is 0 Å². The summed E-state index contributed by atoms with van der Waals surface area (Å²) < 4.78 is 27.3. The zero-order valence-corrected chi connectivity index (χ0v) is 10.8. The molecular weight excluding hydrogens is 284 g/mol. The van der Waals surface area contributed by atoms with Gasteiger partial charge in [-0.1, -0.05) is 18.2 Å². The lowest BCUT2D eigenvalue weighted by Crippen LogP contribution is -2.01. The molecule has 100 valence electrons. The van der Waals surface area contributed by atoms with E-state index in [0.29, 0.717) is 10.9 Å². The fraction of sp³-hybridized carbons (Fsp3) is 0. The average Bonchev–Trinajstić information content (AvgIpc) is 2.42. The van der Waals surface area contributed by atoms with Crippen molar-refractivity contribution in [1.82, 2.24) is 9.97 Å². The summed E-state index contributed by atoms with van der Waals surface area (Å²) in [6, 6.07) is 10.7. The second-order valence-electron chi connectivity index (χ2n) is 4.08. The molecule has 6 heteroatoms. The van der Waals surface area contributed by atoms with Crippen LogP contribution < -0.4 is 5.32 Å². The lowest BCUT2D eigenvalue weighted by atomic mass is 10.2. The third-order valence-corrected chi connectivity index (χ3v) is 2.95. The van der Waals surface area contributed by atoms with Crippen LogP contribution >= 0.6 is 11.6 Å². The maximum atomic E-state index is 13.7. The van der Waals surface area contributed by atoms with E-state index in [1.54, 1.807) is 24.3 Å². The molecule has 3 rings (SSSR count). The number of nitrogens with zero attached hydrogens (tertiary/aromatic N) is 2. The first-order chi connectivity index (χ1) is 9.65. The van der Waals surface area contributed by atoms with E-state index in [4.69, 9.17) is 11.6 Å². The topological polar surface area (TPSA) is 37.8 Å². The van der Waals surface area contributed by atoms with Crippen molar-refractivity contribution >= 4 is 34.0 Å². The predicted molar refractivity (Wildman–Crippen MR) is 74.2 cm³/mol. The average molecular weight is 292 g/mol. The number of fused-ring (bicyclic) bond motifs is 1. The van der Waals surface area contributed by atoms with Crippen molar-refractivity contribution < 1.29 is 8.78 Å². The highest BCUT2D eigenvalue weighted by atomic mass is 35.5. The summed E-state index contributed by atoms with van der Waals surface area (Å²) in [4.78, 5) is 8.04. The highest BCUT2D eigenvalue weighted by Gasteiger charge is 2.12. The van der Waals surface area contributed by atoms with E-state index >= 15 is 0 Å². The number of halogens is 3. The van der Waals surface area contributed by atoms with Crippen LogP contribution in [0.25, 0.3) is 10.9 Å². The summed E-state index contributed by atoms with van der Waals surface area (Å²) in [5.41, 5.74) is 0.319. The van der Waals surface area contributed by atoms with Gasteiger partial charge in [0.15, 0.2) is 0 Å². The molecule has 0 fully saturated rings. The first-order valence-electron chi connectivity index (χ1n) is 5.78. The minimum Gasteiger partial charge on any atom is -0.335 e. The molecule has 0 bridgehead atoms. The Bertz CT molecular complexity index is 772. The molecule has 0 unspecified atom stereocenters. The molecule has 1 N–H and O–H groups in total. The van der Waals surface area contributed by atoms with Crippen LogP contribution in [-0.2, 0) is 0 Å². The molecule has 0 saturated heterocycles. The van der Waals surface area contributed by atoms with Crippen molar-refractivity contribution in [3.05, 3.63) is 59.4 Å². The molecule has 1 heterocycles. The highest BCUT2D eigenvalue weighted by Crippen LogP contribution is 2.27. The van der Waals surface area contributed by atoms with E-state index < -0.39 is 11.6 Å². The van der Waals surface area contributed by atoms with Crippen LogP contribution in [0.1, 0.15) is 0 Å². The molecule has 0 saturated carbocycles. The quantitative estimate of drug-likeness (QED) is 0.715. The van der Waals surface area contributed by atoms with Crippen LogP contribution in [0.15, 0.2) is 42.5 Å². The van der Waals surface area contributed by atoms with Crippen molar-refractivity contribution in [3.63, 3.8) is 0 Å². The van der Waals surface area contributed by atoms with Gasteiger partial charge in [-0.25, -0.2) is 13.8 Å². The second-order valence-corrected chi connectivity index (χ2v) is 4.42. The monoisotopic (exact) mass is 291 g/mol. The van der Waals surface area contributed by atoms with E-state index in [1.807, 2.05) is 0 Å². The van der Waals surface area contributed by atoms with Crippen molar-refractivity contribution in [1.29, 1.82) is 0 Å². The minimum absolute atomic E-state index is 0.00273. The molecule has 0 aliphatic heterocycles. The molecule has 0 aliphatic rings. The van der Waals surface area contributed by atoms with Gasteiger partial charge in [0.05, 0.1) is 5.52 Å². The third kappa shape index (κ3) is 2.28. The summed E-state index contributed by atoms with van der Waals surface area (Å²) in [6.45, 7) is 0. The number of hydrogen-bond acceptors (Lipinski definition) is 3. The highest BCUT2D eigenvalue weighted by molar-refractivity contribution is 6.28. The normalized spacial score (nSPS) is 10.8. The van der Waals surface area contributed by atoms with Crippen LogP contribution in [0.5, 0.6) is 0 Å². The largest absolute Gasteiger partial charge is 0.335 e. The number of nitrogens with one attached hydrogen (secondary N) is 1. The number of rotatable bonds is 2. The van der Waals surface area contributed by atoms with E-state index in [-0.39, 0.29) is 16.8 Å². The molecule has 2 aromatic carbocycles. The smallest absolute Gasteiger partial charge is 0.224 e. The van der Waals surface area contributed by atoms with Crippen LogP contribution in [0.3, 0.4) is 0 Å². The standard InChI is InChI=1S/C14H8ClF2N3/c15-14-18-11-7-2-1-4-8(11)13(20-14)19-12-9(16)5-3-6-10(12)17/h1-7H,(H,18,19,20). The molecule has 1 aromatic heterocycles. The summed E-state index contributed by atoms with van der Waals surface area (Å²) in [6.07, 6.45) is 0. The summed E-state index contributed by atoms with van der Waals surface area (Å²) in [7, 11) is 0. The minimum atomic E-state index is -0.705. The number of benzene rings is 2. The predicted octanol–water partition coefficient (Wildman–Crippen LogP) is 4.31. The third-order valence-electron chi connectivity index (χ3n) is 2.78. The number of para-hydroxylation sites is 2. The fourth-order valence-electron chi connectivity index (χ4n) is 1.88. The Balaban J connectivity index is 2.16. The Morgan fingerprint density at radius 2 is 1.60 bits per heavy atom. The molecule has 20 heavy (non-hydrogen) atoms. The molecule has 0 radical (unpaired) electrons. The van der Waals surface area contributed by atoms with E-state index in [9.17, 15) is 8.78 Å². The van der Waals surface area contributed by atoms with E-state index in [2.05, 4.69) is 15.3 Å². The van der Waals surface area contributed by atoms with Gasteiger partial charge in [-0.3, -0.25) is 0 Å². The molecule has 3 aromatic rings. The maximum Gasteiger partial charge on any atom is 0.224 e. The van der Waals surface area contributed by atoms with Crippen molar-refractivity contribution in [3.8, 4) is 0 Å². The Labute approximate surface area is 118 Å². The van der Waals surface area contributed by atoms with Crippen molar-refractivity contribution in [2.75, 3.05) is 5.32 Å². The van der Waals surface area contributed by atoms with Crippen LogP contribution in [0.4, 0.5) is 20.3 Å². The van der Waals surface area contributed by atoms with Gasteiger partial charge in [0.25, 0.3) is 0 Å². The number of anilines is 2. The fourth-order valence-corrected chi connectivity index (χ4v) is 2.05. The van der Waals surface area contributed by atoms with Crippen LogP contribution in [0, 0.1) is 11.6 Å². The lowest BCUT2D eigenvalue weighted by Gasteiger charge is -2.10. The van der Waals surface area contributed by atoms with Gasteiger partial charge in [-0.2, -0.15) is 4.98 Å². The SMILES string of the molecule is Fc1cccc(F)c1Nc1nc(Cl)nc2ccccc12. The molecule has 0 amide bonds. The first-order valence-corrected chi connectivity index (χ1v) is 6.16. The van der Waals surface area contributed by atoms with Crippen LogP contribution in [-0.4, -0.2) is 9.97 Å². The van der Waals surface area contributed by atoms with Gasteiger partial charge in [-0.15, -0.1) is 0 Å². The number of aromatic nitrogens is 2. The van der Waals surface area contributed by atoms with E-state index in [1.165, 1.54) is 6.07 Å². The molecular formula is C14H8ClF2N3. The zero-order valence-electron chi connectivity index (χ0n) is 10.1. The molecule has 3 nitrogen and oxygen atoms in total. The maximum absolute atomic E-state index is 13.7. The van der Waals surface area contributed by atoms with Gasteiger partial charge in [0.1, 0.15) is 23.1 Å². The van der Waals surface area contributed by atoms with Crippen LogP contribution in [0.2, 0.25) is 5.28 Å². The molecule has 0 aliphatic carbocycles. The Morgan fingerprint density at radius 3 is 2.35 bits per heavy atom. The Morgan fingerprint density at radius 1 is 0.900 bits per heavy atom. The van der Waals surface area contributed by atoms with Gasteiger partial charge in [0.2, 0.25) is 5.28 Å². The summed E-state index contributed by atoms with van der Waals surface area (Å²) >= 11 is 5.82. The van der Waals surface area contributed by atoms with Gasteiger partial charge >= 0.3 is 0 Å². The Hall–Kier alpha value is -2.27. The molecule has 0 spiro atoms. The molecule has 0 atom stereocenters. The van der Waals surface area contributed by atoms with Gasteiger partial charge < -0.3 is 5.32 Å². The van der Waals surface area contributed by atoms with Gasteiger partial charge in [-0.05, 0) is 35.9 Å². The van der Waals surface area contributed by atoms with Gasteiger partial charge in [0, 0.05) is 5.39 Å². The second kappa shape index (κ2) is 5.02. The lowest BCUT2D eigenvalue weighted by molar-refractivity contribution is 0.590. The van der Waals surface area contributed by atoms with Crippen molar-refractivity contribution in [2.24, 2.45) is 0 Å². The zero-order chi connectivity index (χ0) is 14.1. The van der Waals surface area contributed by atoms with E-state index in [0.717, 1.165) is 12.1 Å².